The number of nitrogens with two attached hydrogens (primary N) is 1. The van der Waals surface area contributed by atoms with Crippen molar-refractivity contribution >= 4 is 5.97 Å². The maximum Gasteiger partial charge on any atom is 0.416 e. The molecule has 0 fully saturated rings. The molecule has 0 aliphatic heterocycles. The van der Waals surface area contributed by atoms with Gasteiger partial charge < -0.3 is 15.2 Å². The second kappa shape index (κ2) is 7.35. The lowest BCUT2D eigenvalue weighted by atomic mass is 10.0. The molecule has 2 N–H and O–H groups in total. The van der Waals surface area contributed by atoms with Gasteiger partial charge in [-0.1, -0.05) is 12.1 Å². The molecule has 128 valence electrons. The number of alkyl halides is 3. The Morgan fingerprint density at radius 3 is 2.50 bits per heavy atom. The number of hydrogen-bond acceptors (Lipinski definition) is 4. The molecule has 2 rings (SSSR count). The van der Waals surface area contributed by atoms with Gasteiger partial charge in [0.05, 0.1) is 18.2 Å². The largest absolute Gasteiger partial charge is 0.492 e. The fourth-order valence-corrected chi connectivity index (χ4v) is 2.14. The van der Waals surface area contributed by atoms with Crippen molar-refractivity contribution in [2.45, 2.75) is 6.18 Å². The third kappa shape index (κ3) is 4.26. The second-order valence-corrected chi connectivity index (χ2v) is 4.95. The molecule has 0 saturated heterocycles. The summed E-state index contributed by atoms with van der Waals surface area (Å²) in [6.07, 6.45) is -4.45. The van der Waals surface area contributed by atoms with Gasteiger partial charge in [-0.25, -0.2) is 4.79 Å². The zero-order chi connectivity index (χ0) is 17.7. The lowest BCUT2D eigenvalue weighted by Crippen LogP contribution is -2.11. The third-order valence-corrected chi connectivity index (χ3v) is 3.24. The van der Waals surface area contributed by atoms with Gasteiger partial charge in [0.2, 0.25) is 0 Å². The number of halogens is 3. The Balaban J connectivity index is 2.50. The van der Waals surface area contributed by atoms with Crippen molar-refractivity contribution in [2.24, 2.45) is 5.73 Å². The van der Waals surface area contributed by atoms with E-state index < -0.39 is 17.7 Å². The summed E-state index contributed by atoms with van der Waals surface area (Å²) >= 11 is 0. The summed E-state index contributed by atoms with van der Waals surface area (Å²) < 4.78 is 48.7. The van der Waals surface area contributed by atoms with Crippen LogP contribution in [0.5, 0.6) is 5.75 Å². The summed E-state index contributed by atoms with van der Waals surface area (Å²) in [6, 6.07) is 9.30. The summed E-state index contributed by atoms with van der Waals surface area (Å²) in [7, 11) is 1.22. The van der Waals surface area contributed by atoms with Crippen LogP contribution in [0.4, 0.5) is 13.2 Å². The first-order valence-corrected chi connectivity index (χ1v) is 7.09. The number of benzene rings is 2. The Kier molecular flexibility index (Phi) is 5.46. The first kappa shape index (κ1) is 17.8. The minimum Gasteiger partial charge on any atom is -0.492 e. The van der Waals surface area contributed by atoms with Crippen molar-refractivity contribution in [3.8, 4) is 16.9 Å². The van der Waals surface area contributed by atoms with Crippen LogP contribution in [0.25, 0.3) is 11.1 Å². The topological polar surface area (TPSA) is 61.5 Å². The number of hydrogen-bond donors (Lipinski definition) is 1. The van der Waals surface area contributed by atoms with Crippen LogP contribution >= 0.6 is 0 Å². The molecule has 0 radical (unpaired) electrons. The molecule has 0 aliphatic rings. The van der Waals surface area contributed by atoms with Crippen LogP contribution in [-0.4, -0.2) is 26.2 Å². The fraction of sp³-hybridized carbons (Fsp3) is 0.235. The third-order valence-electron chi connectivity index (χ3n) is 3.24. The minimum atomic E-state index is -4.45. The molecule has 0 heterocycles. The van der Waals surface area contributed by atoms with Crippen LogP contribution in [0.2, 0.25) is 0 Å². The Hall–Kier alpha value is -2.54. The summed E-state index contributed by atoms with van der Waals surface area (Å²) in [5, 5.41) is 0. The van der Waals surface area contributed by atoms with Gasteiger partial charge in [-0.3, -0.25) is 0 Å². The van der Waals surface area contributed by atoms with E-state index in [0.29, 0.717) is 16.9 Å². The molecule has 4 nitrogen and oxygen atoms in total. The highest BCUT2D eigenvalue weighted by molar-refractivity contribution is 5.91. The van der Waals surface area contributed by atoms with Crippen molar-refractivity contribution in [1.82, 2.24) is 0 Å². The number of esters is 1. The molecule has 2 aromatic carbocycles. The van der Waals surface area contributed by atoms with E-state index in [0.717, 1.165) is 12.1 Å². The molecule has 0 atom stereocenters. The van der Waals surface area contributed by atoms with E-state index >= 15 is 0 Å². The van der Waals surface area contributed by atoms with E-state index in [4.69, 9.17) is 10.5 Å². The minimum absolute atomic E-state index is 0.180. The predicted molar refractivity (Wildman–Crippen MR) is 82.8 cm³/mol. The fourth-order valence-electron chi connectivity index (χ4n) is 2.14. The van der Waals surface area contributed by atoms with Gasteiger partial charge in [0.1, 0.15) is 12.4 Å². The average Bonchev–Trinajstić information content (AvgIpc) is 2.58. The van der Waals surface area contributed by atoms with Gasteiger partial charge in [-0.05, 0) is 41.5 Å². The molecule has 0 aliphatic carbocycles. The van der Waals surface area contributed by atoms with E-state index in [1.165, 1.54) is 31.4 Å². The Bertz CT molecular complexity index is 729. The van der Waals surface area contributed by atoms with Gasteiger partial charge in [0, 0.05) is 6.54 Å². The van der Waals surface area contributed by atoms with Crippen molar-refractivity contribution in [1.29, 1.82) is 0 Å². The molecule has 0 saturated carbocycles. The monoisotopic (exact) mass is 339 g/mol. The van der Waals surface area contributed by atoms with Gasteiger partial charge in [0.15, 0.2) is 0 Å². The van der Waals surface area contributed by atoms with Crippen molar-refractivity contribution in [3.63, 3.8) is 0 Å². The van der Waals surface area contributed by atoms with Gasteiger partial charge in [-0.15, -0.1) is 0 Å². The second-order valence-electron chi connectivity index (χ2n) is 4.95. The molecule has 0 amide bonds. The van der Waals surface area contributed by atoms with Crippen LogP contribution in [0.15, 0.2) is 42.5 Å². The molecule has 0 bridgehead atoms. The molecule has 0 aromatic heterocycles. The van der Waals surface area contributed by atoms with E-state index in [1.807, 2.05) is 0 Å². The number of ether oxygens (including phenoxy) is 2. The Labute approximate surface area is 137 Å². The van der Waals surface area contributed by atoms with E-state index in [1.54, 1.807) is 6.07 Å². The Morgan fingerprint density at radius 1 is 1.12 bits per heavy atom. The van der Waals surface area contributed by atoms with Crippen molar-refractivity contribution < 1.29 is 27.4 Å². The molecule has 0 spiro atoms. The number of carbonyl (C=O) groups excluding carboxylic acids is 1. The lowest BCUT2D eigenvalue weighted by molar-refractivity contribution is -0.137. The van der Waals surface area contributed by atoms with Gasteiger partial charge >= 0.3 is 12.1 Å². The van der Waals surface area contributed by atoms with Crippen LogP contribution in [0.3, 0.4) is 0 Å². The number of methoxy groups -OCH3 is 1. The summed E-state index contributed by atoms with van der Waals surface area (Å²) in [6.45, 7) is 0.480. The van der Waals surface area contributed by atoms with Crippen LogP contribution < -0.4 is 10.5 Å². The zero-order valence-electron chi connectivity index (χ0n) is 12.9. The standard InChI is InChI=1S/C17H16F3NO3/c1-23-16(22)13-7-12(9-15(10-13)24-6-5-21)11-3-2-4-14(8-11)17(18,19)20/h2-4,7-10H,5-6,21H2,1H3. The van der Waals surface area contributed by atoms with Crippen molar-refractivity contribution in [2.75, 3.05) is 20.3 Å². The molecular formula is C17H16F3NO3. The van der Waals surface area contributed by atoms with Crippen LogP contribution in [0, 0.1) is 0 Å². The highest BCUT2D eigenvalue weighted by atomic mass is 19.4. The van der Waals surface area contributed by atoms with Gasteiger partial charge in [-0.2, -0.15) is 13.2 Å². The quantitative estimate of drug-likeness (QED) is 0.847. The van der Waals surface area contributed by atoms with Crippen LogP contribution in [0.1, 0.15) is 15.9 Å². The summed E-state index contributed by atoms with van der Waals surface area (Å²) in [5.74, 6) is -0.280. The predicted octanol–water partition coefficient (Wildman–Crippen LogP) is 3.50. The SMILES string of the molecule is COC(=O)c1cc(OCCN)cc(-c2cccc(C(F)(F)F)c2)c1. The summed E-state index contributed by atoms with van der Waals surface area (Å²) in [4.78, 5) is 11.8. The van der Waals surface area contributed by atoms with Gasteiger partial charge in [0.25, 0.3) is 0 Å². The smallest absolute Gasteiger partial charge is 0.416 e. The van der Waals surface area contributed by atoms with E-state index in [9.17, 15) is 18.0 Å². The first-order valence-electron chi connectivity index (χ1n) is 7.09. The Morgan fingerprint density at radius 2 is 1.88 bits per heavy atom. The maximum atomic E-state index is 12.9. The highest BCUT2D eigenvalue weighted by Crippen LogP contribution is 2.33. The highest BCUT2D eigenvalue weighted by Gasteiger charge is 2.30. The summed E-state index contributed by atoms with van der Waals surface area (Å²) in [5.41, 5.74) is 5.51. The molecule has 0 unspecified atom stereocenters. The number of carbonyl (C=O) groups is 1. The molecule has 24 heavy (non-hydrogen) atoms. The number of rotatable bonds is 5. The molecule has 7 heteroatoms. The first-order chi connectivity index (χ1) is 11.3. The lowest BCUT2D eigenvalue weighted by Gasteiger charge is -2.12. The van der Waals surface area contributed by atoms with E-state index in [-0.39, 0.29) is 18.7 Å². The molecule has 2 aromatic rings. The molecular weight excluding hydrogens is 323 g/mol. The average molecular weight is 339 g/mol. The van der Waals surface area contributed by atoms with Crippen molar-refractivity contribution in [3.05, 3.63) is 53.6 Å². The van der Waals surface area contributed by atoms with E-state index in [2.05, 4.69) is 4.74 Å². The zero-order valence-corrected chi connectivity index (χ0v) is 12.9. The normalized spacial score (nSPS) is 11.2. The van der Waals surface area contributed by atoms with Crippen LogP contribution in [-0.2, 0) is 10.9 Å². The maximum absolute atomic E-state index is 12.9.